The van der Waals surface area contributed by atoms with Crippen molar-refractivity contribution in [3.05, 3.63) is 0 Å². The molecule has 0 fully saturated rings. The van der Waals surface area contributed by atoms with Crippen LogP contribution in [0.3, 0.4) is 0 Å². The van der Waals surface area contributed by atoms with Crippen molar-refractivity contribution in [1.29, 1.82) is 0 Å². The maximum absolute atomic E-state index is 4.40. The van der Waals surface area contributed by atoms with E-state index in [9.17, 15) is 0 Å². The number of amidine groups is 1. The summed E-state index contributed by atoms with van der Waals surface area (Å²) in [5, 5.41) is 3.13. The zero-order chi connectivity index (χ0) is 8.10. The first kappa shape index (κ1) is 8.53. The molecule has 0 aromatic carbocycles. The first-order valence-electron chi connectivity index (χ1n) is 4.23. The summed E-state index contributed by atoms with van der Waals surface area (Å²) in [5.74, 6) is 1.28. The maximum atomic E-state index is 4.40. The highest BCUT2D eigenvalue weighted by atomic mass is 15.2. The largest absolute Gasteiger partial charge is 0.362 e. The van der Waals surface area contributed by atoms with Gasteiger partial charge < -0.3 is 10.2 Å². The summed E-state index contributed by atoms with van der Waals surface area (Å²) in [6.45, 7) is 3.13. The van der Waals surface area contributed by atoms with Crippen LogP contribution in [0.25, 0.3) is 0 Å². The van der Waals surface area contributed by atoms with Gasteiger partial charge in [-0.15, -0.1) is 0 Å². The third-order valence-electron chi connectivity index (χ3n) is 1.99. The highest BCUT2D eigenvalue weighted by Gasteiger charge is 2.09. The van der Waals surface area contributed by atoms with E-state index in [-0.39, 0.29) is 0 Å². The molecule has 1 heterocycles. The van der Waals surface area contributed by atoms with Crippen molar-refractivity contribution in [3.8, 4) is 0 Å². The van der Waals surface area contributed by atoms with Crippen LogP contribution in [0.2, 0.25) is 0 Å². The van der Waals surface area contributed by atoms with Crippen LogP contribution in [0.15, 0.2) is 4.99 Å². The Morgan fingerprint density at radius 1 is 1.64 bits per heavy atom. The molecule has 0 spiro atoms. The molecular formula is C8H17N3. The third kappa shape index (κ3) is 2.50. The zero-order valence-electron chi connectivity index (χ0n) is 7.43. The molecule has 64 valence electrons. The Kier molecular flexibility index (Phi) is 3.36. The summed E-state index contributed by atoms with van der Waals surface area (Å²) in [4.78, 5) is 6.64. The molecular weight excluding hydrogens is 138 g/mol. The molecule has 0 aromatic heterocycles. The Bertz CT molecular complexity index is 142. The van der Waals surface area contributed by atoms with E-state index in [4.69, 9.17) is 0 Å². The smallest absolute Gasteiger partial charge is 0.0987 e. The average Bonchev–Trinajstić information content (AvgIpc) is 2.52. The number of hydrogen-bond acceptors (Lipinski definition) is 3. The zero-order valence-corrected chi connectivity index (χ0v) is 7.43. The molecule has 0 radical (unpaired) electrons. The molecule has 3 heteroatoms. The Hall–Kier alpha value is -0.570. The van der Waals surface area contributed by atoms with E-state index in [1.807, 2.05) is 7.05 Å². The van der Waals surface area contributed by atoms with Gasteiger partial charge in [-0.25, -0.2) is 0 Å². The average molecular weight is 155 g/mol. The van der Waals surface area contributed by atoms with E-state index >= 15 is 0 Å². The Labute approximate surface area is 68.5 Å². The number of rotatable bonds is 3. The SMILES string of the molecule is CNCCN(C)C1=NCCC1. The van der Waals surface area contributed by atoms with Gasteiger partial charge in [-0.3, -0.25) is 4.99 Å². The van der Waals surface area contributed by atoms with Crippen molar-refractivity contribution in [3.63, 3.8) is 0 Å². The fraction of sp³-hybridized carbons (Fsp3) is 0.875. The van der Waals surface area contributed by atoms with Crippen molar-refractivity contribution in [2.24, 2.45) is 4.99 Å². The molecule has 0 atom stereocenters. The van der Waals surface area contributed by atoms with E-state index in [0.29, 0.717) is 0 Å². The predicted molar refractivity (Wildman–Crippen MR) is 48.1 cm³/mol. The van der Waals surface area contributed by atoms with Crippen LogP contribution in [0.4, 0.5) is 0 Å². The Balaban J connectivity index is 2.23. The first-order chi connectivity index (χ1) is 5.34. The lowest BCUT2D eigenvalue weighted by molar-refractivity contribution is 0.488. The highest BCUT2D eigenvalue weighted by Crippen LogP contribution is 2.05. The molecule has 3 nitrogen and oxygen atoms in total. The van der Waals surface area contributed by atoms with Gasteiger partial charge in [-0.1, -0.05) is 0 Å². The highest BCUT2D eigenvalue weighted by molar-refractivity contribution is 5.83. The van der Waals surface area contributed by atoms with Crippen LogP contribution in [0.1, 0.15) is 12.8 Å². The van der Waals surface area contributed by atoms with Crippen LogP contribution in [-0.2, 0) is 0 Å². The van der Waals surface area contributed by atoms with Gasteiger partial charge in [0.25, 0.3) is 0 Å². The van der Waals surface area contributed by atoms with Gasteiger partial charge in [-0.2, -0.15) is 0 Å². The van der Waals surface area contributed by atoms with Gasteiger partial charge in [0.15, 0.2) is 0 Å². The minimum Gasteiger partial charge on any atom is -0.362 e. The van der Waals surface area contributed by atoms with E-state index in [2.05, 4.69) is 22.3 Å². The third-order valence-corrected chi connectivity index (χ3v) is 1.99. The summed E-state index contributed by atoms with van der Waals surface area (Å²) in [6, 6.07) is 0. The molecule has 1 aliphatic heterocycles. The minimum atomic E-state index is 1.03. The molecule has 0 unspecified atom stereocenters. The minimum absolute atomic E-state index is 1.03. The predicted octanol–water partition coefficient (Wildman–Crippen LogP) is 0.330. The molecule has 11 heavy (non-hydrogen) atoms. The second-order valence-corrected chi connectivity index (χ2v) is 2.93. The van der Waals surface area contributed by atoms with Crippen molar-refractivity contribution in [2.75, 3.05) is 33.7 Å². The summed E-state index contributed by atoms with van der Waals surface area (Å²) in [6.07, 6.45) is 2.40. The summed E-state index contributed by atoms with van der Waals surface area (Å²) >= 11 is 0. The van der Waals surface area contributed by atoms with Crippen molar-refractivity contribution >= 4 is 5.84 Å². The molecule has 0 saturated carbocycles. The lowest BCUT2D eigenvalue weighted by Crippen LogP contribution is -2.31. The normalized spacial score (nSPS) is 16.7. The summed E-state index contributed by atoms with van der Waals surface area (Å²) in [7, 11) is 4.09. The molecule has 1 rings (SSSR count). The van der Waals surface area contributed by atoms with E-state index in [1.54, 1.807) is 0 Å². The Morgan fingerprint density at radius 2 is 2.45 bits per heavy atom. The van der Waals surface area contributed by atoms with E-state index in [0.717, 1.165) is 19.6 Å². The van der Waals surface area contributed by atoms with Crippen molar-refractivity contribution in [2.45, 2.75) is 12.8 Å². The van der Waals surface area contributed by atoms with Crippen LogP contribution in [0, 0.1) is 0 Å². The van der Waals surface area contributed by atoms with Gasteiger partial charge >= 0.3 is 0 Å². The van der Waals surface area contributed by atoms with Gasteiger partial charge in [-0.05, 0) is 13.5 Å². The van der Waals surface area contributed by atoms with Gasteiger partial charge in [0.1, 0.15) is 0 Å². The number of nitrogens with one attached hydrogen (secondary N) is 1. The van der Waals surface area contributed by atoms with Crippen LogP contribution < -0.4 is 5.32 Å². The number of hydrogen-bond donors (Lipinski definition) is 1. The maximum Gasteiger partial charge on any atom is 0.0987 e. The lowest BCUT2D eigenvalue weighted by Gasteiger charge is -2.18. The number of nitrogens with zero attached hydrogens (tertiary/aromatic N) is 2. The molecule has 0 aliphatic carbocycles. The quantitative estimate of drug-likeness (QED) is 0.636. The van der Waals surface area contributed by atoms with Crippen LogP contribution in [0.5, 0.6) is 0 Å². The van der Waals surface area contributed by atoms with Gasteiger partial charge in [0.05, 0.1) is 5.84 Å². The summed E-state index contributed by atoms with van der Waals surface area (Å²) < 4.78 is 0. The topological polar surface area (TPSA) is 27.6 Å². The van der Waals surface area contributed by atoms with Crippen LogP contribution >= 0.6 is 0 Å². The van der Waals surface area contributed by atoms with Crippen molar-refractivity contribution in [1.82, 2.24) is 10.2 Å². The molecule has 0 bridgehead atoms. The fourth-order valence-corrected chi connectivity index (χ4v) is 1.24. The van der Waals surface area contributed by atoms with E-state index < -0.39 is 0 Å². The number of aliphatic imine (C=N–C) groups is 1. The first-order valence-corrected chi connectivity index (χ1v) is 4.23. The number of likely N-dealkylation sites (N-methyl/N-ethyl adjacent to an activating group) is 2. The molecule has 0 amide bonds. The fourth-order valence-electron chi connectivity index (χ4n) is 1.24. The molecule has 1 N–H and O–H groups in total. The van der Waals surface area contributed by atoms with Gasteiger partial charge in [0.2, 0.25) is 0 Å². The standard InChI is InChI=1S/C8H17N3/c1-9-6-7-11(2)8-4-3-5-10-8/h9H,3-7H2,1-2H3. The molecule has 0 aromatic rings. The van der Waals surface area contributed by atoms with E-state index in [1.165, 1.54) is 18.7 Å². The monoisotopic (exact) mass is 155 g/mol. The second-order valence-electron chi connectivity index (χ2n) is 2.93. The molecule has 1 aliphatic rings. The Morgan fingerprint density at radius 3 is 3.00 bits per heavy atom. The molecule has 0 saturated heterocycles. The van der Waals surface area contributed by atoms with Crippen LogP contribution in [-0.4, -0.2) is 44.5 Å². The second kappa shape index (κ2) is 4.34. The van der Waals surface area contributed by atoms with Gasteiger partial charge in [0, 0.05) is 33.1 Å². The summed E-state index contributed by atoms with van der Waals surface area (Å²) in [5.41, 5.74) is 0. The lowest BCUT2D eigenvalue weighted by atomic mass is 10.3. The van der Waals surface area contributed by atoms with Crippen molar-refractivity contribution < 1.29 is 0 Å².